The lowest BCUT2D eigenvalue weighted by atomic mass is 9.93. The number of anilines is 1. The predicted octanol–water partition coefficient (Wildman–Crippen LogP) is 2.50. The Hall–Kier alpha value is -3.20. The van der Waals surface area contributed by atoms with Crippen LogP contribution in [-0.2, 0) is 11.2 Å². The Balaban J connectivity index is 1.82. The van der Waals surface area contributed by atoms with E-state index in [0.717, 1.165) is 36.3 Å². The van der Waals surface area contributed by atoms with Crippen LogP contribution < -0.4 is 16.5 Å². The average molecular weight is 400 g/mol. The number of fused-ring (bicyclic) bond motifs is 1. The van der Waals surface area contributed by atoms with Crippen LogP contribution in [0.3, 0.4) is 0 Å². The summed E-state index contributed by atoms with van der Waals surface area (Å²) in [6.45, 7) is 1.82. The second kappa shape index (κ2) is 8.22. The smallest absolute Gasteiger partial charge is 0.337 e. The molecule has 8 nitrogen and oxygen atoms in total. The zero-order valence-corrected chi connectivity index (χ0v) is 16.3. The molecular weight excluding hydrogens is 380 g/mol. The van der Waals surface area contributed by atoms with E-state index in [0.29, 0.717) is 16.8 Å². The molecule has 0 bridgehead atoms. The van der Waals surface area contributed by atoms with Crippen LogP contribution in [0, 0.1) is 6.92 Å². The number of benzene rings is 1. The van der Waals surface area contributed by atoms with Gasteiger partial charge in [0.05, 0.1) is 18.4 Å². The maximum atomic E-state index is 12.7. The number of nitrogens with one attached hydrogen (secondary N) is 2. The molecule has 1 heterocycles. The highest BCUT2D eigenvalue weighted by Gasteiger charge is 2.28. The third kappa shape index (κ3) is 4.04. The lowest BCUT2D eigenvalue weighted by molar-refractivity contribution is 0.0600. The first-order valence-electron chi connectivity index (χ1n) is 8.65. The number of hydrogen-bond acceptors (Lipinski definition) is 6. The quantitative estimate of drug-likeness (QED) is 0.410. The van der Waals surface area contributed by atoms with Crippen molar-refractivity contribution >= 4 is 40.6 Å². The molecule has 0 atom stereocenters. The topological polar surface area (TPSA) is 119 Å². The van der Waals surface area contributed by atoms with Gasteiger partial charge in [-0.25, -0.2) is 4.79 Å². The zero-order valence-electron chi connectivity index (χ0n) is 15.5. The van der Waals surface area contributed by atoms with Gasteiger partial charge in [-0.15, -0.1) is 0 Å². The van der Waals surface area contributed by atoms with E-state index in [2.05, 4.69) is 20.6 Å². The Morgan fingerprint density at radius 2 is 1.96 bits per heavy atom. The van der Waals surface area contributed by atoms with Gasteiger partial charge in [-0.1, -0.05) is 0 Å². The van der Waals surface area contributed by atoms with E-state index in [1.54, 1.807) is 24.3 Å². The number of hydrogen-bond donors (Lipinski definition) is 3. The summed E-state index contributed by atoms with van der Waals surface area (Å²) in [4.78, 5) is 24.2. The molecule has 3 rings (SSSR count). The Bertz CT molecular complexity index is 963. The number of esters is 1. The monoisotopic (exact) mass is 400 g/mol. The molecule has 1 aromatic carbocycles. The van der Waals surface area contributed by atoms with Gasteiger partial charge >= 0.3 is 5.97 Å². The Morgan fingerprint density at radius 3 is 2.61 bits per heavy atom. The van der Waals surface area contributed by atoms with Crippen LogP contribution in [0.1, 0.15) is 50.6 Å². The molecule has 1 amide bonds. The van der Waals surface area contributed by atoms with Crippen LogP contribution in [0.4, 0.5) is 5.69 Å². The van der Waals surface area contributed by atoms with E-state index >= 15 is 0 Å². The second-order valence-electron chi connectivity index (χ2n) is 6.27. The molecule has 0 aliphatic heterocycles. The van der Waals surface area contributed by atoms with E-state index in [1.807, 2.05) is 6.92 Å². The molecule has 9 heteroatoms. The number of nitrogens with two attached hydrogens (primary N) is 1. The van der Waals surface area contributed by atoms with Crippen molar-refractivity contribution in [1.29, 1.82) is 0 Å². The van der Waals surface area contributed by atoms with Gasteiger partial charge in [-0.3, -0.25) is 10.2 Å². The largest absolute Gasteiger partial charge is 0.465 e. The van der Waals surface area contributed by atoms with Crippen LogP contribution in [0.2, 0.25) is 0 Å². The maximum absolute atomic E-state index is 12.7. The SMILES string of the molecule is COC(=O)c1ccc(NC(=O)c2oc3c(c2C)/C(=N/NC(N)=S)CCC3)cc1. The number of furan rings is 1. The maximum Gasteiger partial charge on any atom is 0.337 e. The van der Waals surface area contributed by atoms with Gasteiger partial charge in [0.15, 0.2) is 10.9 Å². The molecule has 28 heavy (non-hydrogen) atoms. The highest BCUT2D eigenvalue weighted by atomic mass is 32.1. The molecule has 0 saturated heterocycles. The van der Waals surface area contributed by atoms with E-state index in [9.17, 15) is 9.59 Å². The molecule has 0 unspecified atom stereocenters. The zero-order chi connectivity index (χ0) is 20.3. The Kier molecular flexibility index (Phi) is 5.74. The normalized spacial score (nSPS) is 14.3. The summed E-state index contributed by atoms with van der Waals surface area (Å²) in [7, 11) is 1.31. The van der Waals surface area contributed by atoms with Gasteiger partial charge in [-0.2, -0.15) is 5.10 Å². The van der Waals surface area contributed by atoms with Gasteiger partial charge < -0.3 is 20.2 Å². The first-order valence-corrected chi connectivity index (χ1v) is 9.06. The predicted molar refractivity (Wildman–Crippen MR) is 109 cm³/mol. The minimum Gasteiger partial charge on any atom is -0.465 e. The van der Waals surface area contributed by atoms with Crippen LogP contribution in [-0.4, -0.2) is 29.8 Å². The average Bonchev–Trinajstić information content (AvgIpc) is 3.03. The molecule has 1 aromatic heterocycles. The summed E-state index contributed by atoms with van der Waals surface area (Å²) < 4.78 is 10.5. The molecule has 0 radical (unpaired) electrons. The van der Waals surface area contributed by atoms with Crippen molar-refractivity contribution in [2.24, 2.45) is 10.8 Å². The van der Waals surface area contributed by atoms with Gasteiger partial charge in [0.2, 0.25) is 0 Å². The molecule has 4 N–H and O–H groups in total. The number of carbonyl (C=O) groups excluding carboxylic acids is 2. The summed E-state index contributed by atoms with van der Waals surface area (Å²) in [6, 6.07) is 6.41. The number of hydrazone groups is 1. The molecule has 2 aromatic rings. The number of methoxy groups -OCH3 is 1. The number of rotatable bonds is 4. The van der Waals surface area contributed by atoms with E-state index in [4.69, 9.17) is 22.4 Å². The summed E-state index contributed by atoms with van der Waals surface area (Å²) >= 11 is 4.79. The second-order valence-corrected chi connectivity index (χ2v) is 6.71. The van der Waals surface area contributed by atoms with Crippen LogP contribution in [0.25, 0.3) is 0 Å². The van der Waals surface area contributed by atoms with Gasteiger partial charge in [0.25, 0.3) is 5.91 Å². The van der Waals surface area contributed by atoms with E-state index in [-0.39, 0.29) is 16.8 Å². The van der Waals surface area contributed by atoms with Crippen LogP contribution >= 0.6 is 12.2 Å². The number of carbonyl (C=O) groups is 2. The van der Waals surface area contributed by atoms with Crippen molar-refractivity contribution in [2.45, 2.75) is 26.2 Å². The minimum atomic E-state index is -0.440. The third-order valence-electron chi connectivity index (χ3n) is 4.40. The molecular formula is C19H20N4O4S. The summed E-state index contributed by atoms with van der Waals surface area (Å²) in [5, 5.41) is 7.10. The van der Waals surface area contributed by atoms with Crippen LogP contribution in [0.5, 0.6) is 0 Å². The molecule has 0 fully saturated rings. The highest BCUT2D eigenvalue weighted by molar-refractivity contribution is 7.80. The van der Waals surface area contributed by atoms with Crippen molar-refractivity contribution in [3.8, 4) is 0 Å². The Morgan fingerprint density at radius 1 is 1.25 bits per heavy atom. The van der Waals surface area contributed by atoms with Crippen molar-refractivity contribution in [3.63, 3.8) is 0 Å². The van der Waals surface area contributed by atoms with E-state index in [1.165, 1.54) is 7.11 Å². The summed E-state index contributed by atoms with van der Waals surface area (Å²) in [5.74, 6) is 0.134. The molecule has 0 saturated carbocycles. The van der Waals surface area contributed by atoms with Gasteiger partial charge in [0, 0.05) is 23.2 Å². The van der Waals surface area contributed by atoms with Gasteiger partial charge in [0.1, 0.15) is 5.76 Å². The van der Waals surface area contributed by atoms with Crippen molar-refractivity contribution in [2.75, 3.05) is 12.4 Å². The summed E-state index contributed by atoms with van der Waals surface area (Å²) in [6.07, 6.45) is 2.32. The lowest BCUT2D eigenvalue weighted by Crippen LogP contribution is -2.26. The van der Waals surface area contributed by atoms with Crippen molar-refractivity contribution < 1.29 is 18.7 Å². The van der Waals surface area contributed by atoms with Crippen molar-refractivity contribution in [1.82, 2.24) is 5.43 Å². The number of thiocarbonyl (C=S) groups is 1. The fraction of sp³-hybridized carbons (Fsp3) is 0.263. The fourth-order valence-electron chi connectivity index (χ4n) is 3.11. The fourth-order valence-corrected chi connectivity index (χ4v) is 3.16. The number of aryl methyl sites for hydroxylation is 1. The Labute approximate surface area is 167 Å². The summed E-state index contributed by atoms with van der Waals surface area (Å²) in [5.41, 5.74) is 11.3. The third-order valence-corrected chi connectivity index (χ3v) is 4.49. The lowest BCUT2D eigenvalue weighted by Gasteiger charge is -2.13. The standard InChI is InChI=1S/C19H20N4O4S/c1-10-15-13(22-23-19(20)28)4-3-5-14(15)27-16(10)17(24)21-12-8-6-11(7-9-12)18(25)26-2/h6-9H,3-5H2,1-2H3,(H,21,24)(H3,20,23,28)/b22-13+. The van der Waals surface area contributed by atoms with Crippen LogP contribution in [0.15, 0.2) is 33.8 Å². The first-order chi connectivity index (χ1) is 13.4. The van der Waals surface area contributed by atoms with E-state index < -0.39 is 5.97 Å². The molecule has 146 valence electrons. The van der Waals surface area contributed by atoms with Crippen molar-refractivity contribution in [3.05, 3.63) is 52.5 Å². The number of ether oxygens (including phenoxy) is 1. The van der Waals surface area contributed by atoms with Gasteiger partial charge in [-0.05, 0) is 56.2 Å². The number of amides is 1. The molecule has 0 spiro atoms. The molecule has 1 aliphatic rings. The number of nitrogens with zero attached hydrogens (tertiary/aromatic N) is 1. The first kappa shape index (κ1) is 19.6. The minimum absolute atomic E-state index is 0.0779. The molecule has 1 aliphatic carbocycles. The highest BCUT2D eigenvalue weighted by Crippen LogP contribution is 2.30.